The molecule has 0 aliphatic carbocycles. The summed E-state index contributed by atoms with van der Waals surface area (Å²) in [5.41, 5.74) is 2.17. The van der Waals surface area contributed by atoms with E-state index in [2.05, 4.69) is 23.8 Å². The molecule has 0 saturated carbocycles. The summed E-state index contributed by atoms with van der Waals surface area (Å²) in [4.78, 5) is 8.41. The zero-order valence-corrected chi connectivity index (χ0v) is 10.5. The maximum Gasteiger partial charge on any atom is 0.0768 e. The lowest BCUT2D eigenvalue weighted by Crippen LogP contribution is -2.17. The summed E-state index contributed by atoms with van der Waals surface area (Å²) in [7, 11) is 0. The van der Waals surface area contributed by atoms with Crippen molar-refractivity contribution in [3.63, 3.8) is 0 Å². The first-order chi connectivity index (χ1) is 7.51. The summed E-state index contributed by atoms with van der Waals surface area (Å²) in [5, 5.41) is 16.8. The first-order valence-electron chi connectivity index (χ1n) is 5.67. The Kier molecular flexibility index (Phi) is 7.68. The number of hydrogen-bond acceptors (Lipinski definition) is 4. The van der Waals surface area contributed by atoms with E-state index in [4.69, 9.17) is 10.2 Å². The fraction of sp³-hybridized carbons (Fsp3) is 0.667. The van der Waals surface area contributed by atoms with Crippen molar-refractivity contribution in [2.75, 3.05) is 0 Å². The van der Waals surface area contributed by atoms with Gasteiger partial charge in [-0.05, 0) is 26.7 Å². The Labute approximate surface area is 97.4 Å². The van der Waals surface area contributed by atoms with Gasteiger partial charge in [0.2, 0.25) is 0 Å². The van der Waals surface area contributed by atoms with Crippen molar-refractivity contribution >= 4 is 0 Å². The lowest BCUT2D eigenvalue weighted by atomic mass is 10.3. The van der Waals surface area contributed by atoms with Crippen LogP contribution in [0.15, 0.2) is 12.4 Å². The molecule has 92 valence electrons. The molecule has 0 bridgehead atoms. The third kappa shape index (κ3) is 6.48. The van der Waals surface area contributed by atoms with Crippen LogP contribution >= 0.6 is 0 Å². The Balaban J connectivity index is 0.000000325. The number of hydrogen-bond donors (Lipinski definition) is 2. The van der Waals surface area contributed by atoms with Gasteiger partial charge in [0.15, 0.2) is 0 Å². The van der Waals surface area contributed by atoms with Crippen LogP contribution in [0.1, 0.15) is 39.1 Å². The van der Waals surface area contributed by atoms with Gasteiger partial charge in [-0.1, -0.05) is 13.8 Å². The molecule has 0 amide bonds. The molecule has 1 heterocycles. The summed E-state index contributed by atoms with van der Waals surface area (Å²) in [6.07, 6.45) is 4.40. The average Bonchev–Trinajstić information content (AvgIpc) is 2.29. The molecule has 0 aliphatic heterocycles. The molecule has 0 aromatic carbocycles. The Morgan fingerprint density at radius 3 is 1.62 bits per heavy atom. The lowest BCUT2D eigenvalue weighted by Gasteiger charge is -2.03. The predicted molar refractivity (Wildman–Crippen MR) is 64.1 cm³/mol. The van der Waals surface area contributed by atoms with E-state index in [1.807, 2.05) is 12.4 Å². The Bertz CT molecular complexity index is 263. The van der Waals surface area contributed by atoms with Gasteiger partial charge < -0.3 is 10.2 Å². The molecule has 0 aliphatic rings. The molecule has 0 fully saturated rings. The van der Waals surface area contributed by atoms with Crippen LogP contribution in [0.5, 0.6) is 0 Å². The van der Waals surface area contributed by atoms with Crippen LogP contribution in [0, 0.1) is 0 Å². The number of aliphatic hydroxyl groups is 2. The summed E-state index contributed by atoms with van der Waals surface area (Å²) < 4.78 is 0. The van der Waals surface area contributed by atoms with E-state index in [1.54, 1.807) is 13.8 Å². The largest absolute Gasteiger partial charge is 0.391 e. The van der Waals surface area contributed by atoms with E-state index < -0.39 is 12.2 Å². The van der Waals surface area contributed by atoms with Crippen LogP contribution in [-0.2, 0) is 12.8 Å². The quantitative estimate of drug-likeness (QED) is 0.816. The van der Waals surface area contributed by atoms with Crippen LogP contribution in [0.2, 0.25) is 0 Å². The molecule has 1 rings (SSSR count). The molecular formula is C12H22N2O2. The van der Waals surface area contributed by atoms with E-state index in [0.717, 1.165) is 24.2 Å². The molecule has 2 atom stereocenters. The SMILES string of the molecule is CC(O)C(C)O.CCc1cncc(CC)n1. The number of nitrogens with zero attached hydrogens (tertiary/aromatic N) is 2. The molecule has 0 saturated heterocycles. The Morgan fingerprint density at radius 1 is 1.00 bits per heavy atom. The number of aromatic nitrogens is 2. The third-order valence-electron chi connectivity index (χ3n) is 2.16. The number of aliphatic hydroxyl groups excluding tert-OH is 2. The first kappa shape index (κ1) is 15.0. The predicted octanol–water partition coefficient (Wildman–Crippen LogP) is 1.35. The van der Waals surface area contributed by atoms with Crippen molar-refractivity contribution in [1.29, 1.82) is 0 Å². The van der Waals surface area contributed by atoms with Gasteiger partial charge in [0.1, 0.15) is 0 Å². The van der Waals surface area contributed by atoms with Crippen molar-refractivity contribution in [3.05, 3.63) is 23.8 Å². The van der Waals surface area contributed by atoms with Crippen LogP contribution in [0.25, 0.3) is 0 Å². The highest BCUT2D eigenvalue weighted by Gasteiger charge is 1.99. The van der Waals surface area contributed by atoms with Gasteiger partial charge in [-0.25, -0.2) is 0 Å². The minimum absolute atomic E-state index is 0.593. The number of aryl methyl sites for hydroxylation is 2. The summed E-state index contributed by atoms with van der Waals surface area (Å²) in [6.45, 7) is 7.27. The standard InChI is InChI=1S/C8H12N2.C4H10O2/c1-3-7-5-9-6-8(4-2)10-7;1-3(5)4(2)6/h5-6H,3-4H2,1-2H3;3-6H,1-2H3. The zero-order chi connectivity index (χ0) is 12.6. The van der Waals surface area contributed by atoms with Crippen LogP contribution in [0.3, 0.4) is 0 Å². The van der Waals surface area contributed by atoms with Crippen molar-refractivity contribution in [1.82, 2.24) is 9.97 Å². The molecule has 2 N–H and O–H groups in total. The van der Waals surface area contributed by atoms with Crippen LogP contribution in [0.4, 0.5) is 0 Å². The molecule has 4 heteroatoms. The Hall–Kier alpha value is -1.00. The van der Waals surface area contributed by atoms with E-state index in [-0.39, 0.29) is 0 Å². The minimum Gasteiger partial charge on any atom is -0.391 e. The zero-order valence-electron chi connectivity index (χ0n) is 10.5. The highest BCUT2D eigenvalue weighted by atomic mass is 16.3. The second kappa shape index (κ2) is 8.19. The van der Waals surface area contributed by atoms with Gasteiger partial charge in [-0.3, -0.25) is 9.97 Å². The van der Waals surface area contributed by atoms with Crippen LogP contribution < -0.4 is 0 Å². The molecular weight excluding hydrogens is 204 g/mol. The van der Waals surface area contributed by atoms with E-state index >= 15 is 0 Å². The van der Waals surface area contributed by atoms with E-state index in [0.29, 0.717) is 0 Å². The van der Waals surface area contributed by atoms with Gasteiger partial charge in [0, 0.05) is 12.4 Å². The van der Waals surface area contributed by atoms with Gasteiger partial charge in [-0.15, -0.1) is 0 Å². The smallest absolute Gasteiger partial charge is 0.0768 e. The lowest BCUT2D eigenvalue weighted by molar-refractivity contribution is 0.0438. The van der Waals surface area contributed by atoms with Crippen molar-refractivity contribution < 1.29 is 10.2 Å². The fourth-order valence-electron chi connectivity index (χ4n) is 0.792. The second-order valence-electron chi connectivity index (χ2n) is 3.69. The summed E-state index contributed by atoms with van der Waals surface area (Å²) >= 11 is 0. The van der Waals surface area contributed by atoms with Crippen molar-refractivity contribution in [3.8, 4) is 0 Å². The van der Waals surface area contributed by atoms with Gasteiger partial charge in [0.05, 0.1) is 23.6 Å². The average molecular weight is 226 g/mol. The topological polar surface area (TPSA) is 66.2 Å². The molecule has 4 nitrogen and oxygen atoms in total. The Morgan fingerprint density at radius 2 is 1.38 bits per heavy atom. The molecule has 2 unspecified atom stereocenters. The van der Waals surface area contributed by atoms with Gasteiger partial charge in [-0.2, -0.15) is 0 Å². The summed E-state index contributed by atoms with van der Waals surface area (Å²) in [5.74, 6) is 0. The fourth-order valence-corrected chi connectivity index (χ4v) is 0.792. The normalized spacial score (nSPS) is 13.6. The molecule has 0 radical (unpaired) electrons. The highest BCUT2D eigenvalue weighted by molar-refractivity contribution is 5.02. The molecule has 16 heavy (non-hydrogen) atoms. The van der Waals surface area contributed by atoms with Crippen molar-refractivity contribution in [2.45, 2.75) is 52.7 Å². The molecule has 1 aromatic heterocycles. The minimum atomic E-state index is -0.593. The summed E-state index contributed by atoms with van der Waals surface area (Å²) in [6, 6.07) is 0. The molecule has 1 aromatic rings. The molecule has 0 spiro atoms. The van der Waals surface area contributed by atoms with Gasteiger partial charge >= 0.3 is 0 Å². The second-order valence-corrected chi connectivity index (χ2v) is 3.69. The first-order valence-corrected chi connectivity index (χ1v) is 5.67. The third-order valence-corrected chi connectivity index (χ3v) is 2.16. The maximum atomic E-state index is 8.38. The van der Waals surface area contributed by atoms with E-state index in [1.165, 1.54) is 0 Å². The van der Waals surface area contributed by atoms with Crippen molar-refractivity contribution in [2.24, 2.45) is 0 Å². The number of rotatable bonds is 3. The maximum absolute atomic E-state index is 8.38. The monoisotopic (exact) mass is 226 g/mol. The van der Waals surface area contributed by atoms with Crippen LogP contribution in [-0.4, -0.2) is 32.4 Å². The van der Waals surface area contributed by atoms with E-state index in [9.17, 15) is 0 Å². The highest BCUT2D eigenvalue weighted by Crippen LogP contribution is 1.96. The van der Waals surface area contributed by atoms with Gasteiger partial charge in [0.25, 0.3) is 0 Å².